The van der Waals surface area contributed by atoms with Crippen LogP contribution in [-0.2, 0) is 11.3 Å². The van der Waals surface area contributed by atoms with Gasteiger partial charge in [0, 0.05) is 37.9 Å². The fraction of sp³-hybridized carbons (Fsp3) is 0.536. The van der Waals surface area contributed by atoms with Crippen molar-refractivity contribution < 1.29 is 19.0 Å². The van der Waals surface area contributed by atoms with Crippen molar-refractivity contribution in [1.29, 1.82) is 0 Å². The van der Waals surface area contributed by atoms with Crippen molar-refractivity contribution >= 4 is 5.91 Å². The number of nitrogens with zero attached hydrogens (tertiary/aromatic N) is 2. The van der Waals surface area contributed by atoms with Crippen molar-refractivity contribution in [2.75, 3.05) is 40.0 Å². The summed E-state index contributed by atoms with van der Waals surface area (Å²) < 4.78 is 17.8. The molecule has 0 spiro atoms. The van der Waals surface area contributed by atoms with Crippen LogP contribution < -0.4 is 9.47 Å². The van der Waals surface area contributed by atoms with Gasteiger partial charge in [0.05, 0.1) is 18.8 Å². The summed E-state index contributed by atoms with van der Waals surface area (Å²) >= 11 is 0. The summed E-state index contributed by atoms with van der Waals surface area (Å²) in [4.78, 5) is 17.9. The van der Waals surface area contributed by atoms with E-state index in [9.17, 15) is 4.79 Å². The Morgan fingerprint density at radius 1 is 1.00 bits per heavy atom. The van der Waals surface area contributed by atoms with Crippen molar-refractivity contribution in [1.82, 2.24) is 9.80 Å². The quantitative estimate of drug-likeness (QED) is 0.635. The predicted molar refractivity (Wildman–Crippen MR) is 134 cm³/mol. The molecular weight excluding hydrogens is 428 g/mol. The van der Waals surface area contributed by atoms with E-state index < -0.39 is 0 Å². The lowest BCUT2D eigenvalue weighted by Crippen LogP contribution is -2.51. The van der Waals surface area contributed by atoms with E-state index in [1.165, 1.54) is 5.56 Å². The number of rotatable bonds is 5. The fourth-order valence-electron chi connectivity index (χ4n) is 5.20. The molecule has 1 fully saturated rings. The first kappa shape index (κ1) is 24.6. The summed E-state index contributed by atoms with van der Waals surface area (Å²) in [6.45, 7) is 6.66. The second-order valence-electron chi connectivity index (χ2n) is 9.17. The van der Waals surface area contributed by atoms with Gasteiger partial charge in [-0.3, -0.25) is 9.69 Å². The highest BCUT2D eigenvalue weighted by atomic mass is 16.5. The minimum Gasteiger partial charge on any atom is -0.494 e. The average Bonchev–Trinajstić information content (AvgIpc) is 2.87. The normalized spacial score (nSPS) is 22.4. The Labute approximate surface area is 203 Å². The zero-order valence-electron chi connectivity index (χ0n) is 20.6. The van der Waals surface area contributed by atoms with Crippen LogP contribution >= 0.6 is 0 Å². The van der Waals surface area contributed by atoms with Crippen LogP contribution in [0.3, 0.4) is 0 Å². The zero-order chi connectivity index (χ0) is 23.8. The summed E-state index contributed by atoms with van der Waals surface area (Å²) in [6.07, 6.45) is 5.16. The number of hydrogen-bond donors (Lipinski definition) is 0. The molecule has 1 amide bonds. The van der Waals surface area contributed by atoms with Crippen LogP contribution in [0, 0.1) is 0 Å². The largest absolute Gasteiger partial charge is 0.494 e. The molecule has 34 heavy (non-hydrogen) atoms. The van der Waals surface area contributed by atoms with Crippen LogP contribution in [0.1, 0.15) is 54.9 Å². The molecule has 4 rings (SSSR count). The third-order valence-corrected chi connectivity index (χ3v) is 6.93. The van der Waals surface area contributed by atoms with E-state index in [1.807, 2.05) is 48.2 Å². The lowest BCUT2D eigenvalue weighted by Gasteiger charge is -2.41. The minimum atomic E-state index is 0.0865. The van der Waals surface area contributed by atoms with Gasteiger partial charge in [0.2, 0.25) is 0 Å². The molecular formula is C28H38N2O4. The number of carbonyl (C=O) groups is 1. The molecule has 184 valence electrons. The van der Waals surface area contributed by atoms with Gasteiger partial charge in [-0.15, -0.1) is 0 Å². The maximum atomic E-state index is 13.4. The van der Waals surface area contributed by atoms with Crippen LogP contribution in [0.2, 0.25) is 0 Å². The summed E-state index contributed by atoms with van der Waals surface area (Å²) in [5.74, 6) is 1.79. The van der Waals surface area contributed by atoms with E-state index in [0.717, 1.165) is 69.8 Å². The zero-order valence-corrected chi connectivity index (χ0v) is 20.6. The molecule has 2 atom stereocenters. The summed E-state index contributed by atoms with van der Waals surface area (Å²) in [5, 5.41) is 0. The summed E-state index contributed by atoms with van der Waals surface area (Å²) in [5.41, 5.74) is 1.90. The number of para-hydroxylation sites is 1. The number of carbonyl (C=O) groups excluding carboxylic acids is 1. The fourth-order valence-corrected chi connectivity index (χ4v) is 5.20. The molecule has 2 bridgehead atoms. The SMILES string of the molecule is CCOc1ccccc1CN1CCCC[C@H]2[C@@H](OC)CCCN2C(=O)c2cccc(c2)OCC1. The van der Waals surface area contributed by atoms with Gasteiger partial charge >= 0.3 is 0 Å². The van der Waals surface area contributed by atoms with Crippen LogP contribution in [0.15, 0.2) is 48.5 Å². The Balaban J connectivity index is 1.53. The van der Waals surface area contributed by atoms with Crippen molar-refractivity contribution in [2.24, 2.45) is 0 Å². The Morgan fingerprint density at radius 2 is 1.88 bits per heavy atom. The molecule has 2 aliphatic rings. The van der Waals surface area contributed by atoms with Crippen LogP contribution in [0.5, 0.6) is 11.5 Å². The van der Waals surface area contributed by atoms with Gasteiger partial charge in [0.15, 0.2) is 0 Å². The van der Waals surface area contributed by atoms with Gasteiger partial charge in [-0.1, -0.05) is 30.7 Å². The molecule has 0 aliphatic carbocycles. The molecule has 2 aliphatic heterocycles. The Bertz CT molecular complexity index is 934. The number of ether oxygens (including phenoxy) is 3. The van der Waals surface area contributed by atoms with Crippen molar-refractivity contribution in [3.63, 3.8) is 0 Å². The van der Waals surface area contributed by atoms with E-state index in [1.54, 1.807) is 7.11 Å². The maximum Gasteiger partial charge on any atom is 0.254 e. The van der Waals surface area contributed by atoms with Gasteiger partial charge in [0.25, 0.3) is 5.91 Å². The average molecular weight is 467 g/mol. The smallest absolute Gasteiger partial charge is 0.254 e. The second kappa shape index (κ2) is 12.2. The second-order valence-corrected chi connectivity index (χ2v) is 9.17. The van der Waals surface area contributed by atoms with Gasteiger partial charge in [-0.2, -0.15) is 0 Å². The Hall–Kier alpha value is -2.57. The van der Waals surface area contributed by atoms with Gasteiger partial charge in [-0.25, -0.2) is 0 Å². The van der Waals surface area contributed by atoms with Gasteiger partial charge < -0.3 is 19.1 Å². The first-order valence-electron chi connectivity index (χ1n) is 12.7. The molecule has 0 aromatic heterocycles. The van der Waals surface area contributed by atoms with Gasteiger partial charge in [0.1, 0.15) is 18.1 Å². The van der Waals surface area contributed by atoms with Gasteiger partial charge in [-0.05, 0) is 63.4 Å². The van der Waals surface area contributed by atoms with Crippen molar-refractivity contribution in [3.8, 4) is 11.5 Å². The monoisotopic (exact) mass is 466 g/mol. The molecule has 1 saturated heterocycles. The highest BCUT2D eigenvalue weighted by Gasteiger charge is 2.34. The van der Waals surface area contributed by atoms with E-state index in [2.05, 4.69) is 17.0 Å². The molecule has 2 aromatic carbocycles. The molecule has 2 heterocycles. The number of piperidine rings is 1. The third-order valence-electron chi connectivity index (χ3n) is 6.93. The van der Waals surface area contributed by atoms with Crippen LogP contribution in [-0.4, -0.2) is 67.8 Å². The lowest BCUT2D eigenvalue weighted by atomic mass is 9.93. The summed E-state index contributed by atoms with van der Waals surface area (Å²) in [6, 6.07) is 16.0. The first-order chi connectivity index (χ1) is 16.7. The standard InChI is InChI=1S/C28H38N2O4/c1-3-33-26-14-5-4-10-23(26)21-29-16-7-6-13-25-27(32-2)15-9-17-30(25)28(31)22-11-8-12-24(20-22)34-19-18-29/h4-5,8,10-12,14,20,25,27H,3,6-7,9,13,15-19,21H2,1-2H3/t25-,27-/m0/s1. The Morgan fingerprint density at radius 3 is 2.74 bits per heavy atom. The molecule has 6 heteroatoms. The number of amides is 1. The van der Waals surface area contributed by atoms with Crippen LogP contribution in [0.25, 0.3) is 0 Å². The molecule has 0 saturated carbocycles. The van der Waals surface area contributed by atoms with E-state index in [0.29, 0.717) is 18.8 Å². The first-order valence-corrected chi connectivity index (χ1v) is 12.7. The molecule has 0 radical (unpaired) electrons. The number of hydrogen-bond acceptors (Lipinski definition) is 5. The Kier molecular flexibility index (Phi) is 8.83. The number of fused-ring (bicyclic) bond motifs is 3. The lowest BCUT2D eigenvalue weighted by molar-refractivity contribution is -0.0156. The molecule has 6 nitrogen and oxygen atoms in total. The van der Waals surface area contributed by atoms with E-state index >= 15 is 0 Å². The van der Waals surface area contributed by atoms with Crippen LogP contribution in [0.4, 0.5) is 0 Å². The number of methoxy groups -OCH3 is 1. The topological polar surface area (TPSA) is 51.2 Å². The molecule has 0 unspecified atom stereocenters. The molecule has 0 N–H and O–H groups in total. The predicted octanol–water partition coefficient (Wildman–Crippen LogP) is 4.77. The van der Waals surface area contributed by atoms with Crippen molar-refractivity contribution in [3.05, 3.63) is 59.7 Å². The minimum absolute atomic E-state index is 0.0865. The van der Waals surface area contributed by atoms with E-state index in [4.69, 9.17) is 14.2 Å². The summed E-state index contributed by atoms with van der Waals surface area (Å²) in [7, 11) is 1.77. The molecule has 2 aromatic rings. The third kappa shape index (κ3) is 6.10. The highest BCUT2D eigenvalue weighted by molar-refractivity contribution is 5.95. The van der Waals surface area contributed by atoms with Crippen molar-refractivity contribution in [2.45, 2.75) is 57.7 Å². The number of benzene rings is 2. The highest BCUT2D eigenvalue weighted by Crippen LogP contribution is 2.28. The maximum absolute atomic E-state index is 13.4. The van der Waals surface area contributed by atoms with E-state index in [-0.39, 0.29) is 18.1 Å².